The molecule has 1 aliphatic heterocycles. The molecule has 2 saturated carbocycles. The van der Waals surface area contributed by atoms with Crippen LogP contribution in [-0.2, 0) is 13.6 Å². The van der Waals surface area contributed by atoms with Crippen LogP contribution in [0.5, 0.6) is 5.75 Å². The number of carbonyl (C=O) groups excluding carboxylic acids is 3. The molecule has 3 aliphatic rings. The molecule has 3 fully saturated rings. The number of hydrogen-bond acceptors (Lipinski definition) is 6. The number of nitrogens with zero attached hydrogens (tertiary/aromatic N) is 4. The lowest BCUT2D eigenvalue weighted by Gasteiger charge is -2.27. The van der Waals surface area contributed by atoms with Crippen molar-refractivity contribution in [2.24, 2.45) is 36.1 Å². The number of carbonyl (C=O) groups is 3. The number of methoxy groups -OCH3 is 1. The molecule has 0 spiro atoms. The van der Waals surface area contributed by atoms with E-state index in [1.807, 2.05) is 40.8 Å². The average Bonchev–Trinajstić information content (AvgIpc) is 3.47. The van der Waals surface area contributed by atoms with E-state index in [2.05, 4.69) is 16.7 Å². The Hall–Kier alpha value is -5.16. The fraction of sp³-hybridized carbons (Fsp3) is 0.333. The summed E-state index contributed by atoms with van der Waals surface area (Å²) in [7, 11) is 3.59. The van der Waals surface area contributed by atoms with Gasteiger partial charge in [0, 0.05) is 59.8 Å². The van der Waals surface area contributed by atoms with Gasteiger partial charge in [-0.25, -0.2) is 4.98 Å². The number of imidazole rings is 1. The Kier molecular flexibility index (Phi) is 6.66. The molecule has 2 aliphatic carbocycles. The third kappa shape index (κ3) is 4.67. The fourth-order valence-corrected chi connectivity index (χ4v) is 7.78. The summed E-state index contributed by atoms with van der Waals surface area (Å²) in [5, 5.41) is 1.02. The first-order valence-corrected chi connectivity index (χ1v) is 16.1. The molecule has 11 heteroatoms. The van der Waals surface area contributed by atoms with Crippen molar-refractivity contribution in [1.29, 1.82) is 0 Å². The number of piperidine rings is 1. The molecule has 240 valence electrons. The maximum atomic E-state index is 13.7. The van der Waals surface area contributed by atoms with Gasteiger partial charge in [-0.3, -0.25) is 14.4 Å². The van der Waals surface area contributed by atoms with Crippen LogP contribution in [0.3, 0.4) is 0 Å². The first-order chi connectivity index (χ1) is 22.6. The smallest absolute Gasteiger partial charge is 0.254 e. The van der Waals surface area contributed by atoms with Crippen LogP contribution in [0.4, 0.5) is 0 Å². The van der Waals surface area contributed by atoms with E-state index in [9.17, 15) is 14.4 Å². The second-order valence-electron chi connectivity index (χ2n) is 13.3. The third-order valence-electron chi connectivity index (χ3n) is 10.5. The molecule has 3 unspecified atom stereocenters. The van der Waals surface area contributed by atoms with Gasteiger partial charge in [-0.1, -0.05) is 18.2 Å². The topological polar surface area (TPSA) is 164 Å². The van der Waals surface area contributed by atoms with Crippen molar-refractivity contribution in [1.82, 2.24) is 19.0 Å². The molecule has 6 N–H and O–H groups in total. The summed E-state index contributed by atoms with van der Waals surface area (Å²) < 4.78 is 10.2. The summed E-state index contributed by atoms with van der Waals surface area (Å²) in [6.45, 7) is 1.51. The van der Waals surface area contributed by atoms with Gasteiger partial charge in [0.1, 0.15) is 11.3 Å². The second kappa shape index (κ2) is 10.7. The van der Waals surface area contributed by atoms with E-state index in [-0.39, 0.29) is 29.1 Å². The zero-order valence-electron chi connectivity index (χ0n) is 26.4. The molecule has 3 aromatic carbocycles. The highest BCUT2D eigenvalue weighted by molar-refractivity contribution is 6.04. The van der Waals surface area contributed by atoms with Crippen molar-refractivity contribution in [2.75, 3.05) is 13.7 Å². The number of ether oxygens (including phenoxy) is 1. The summed E-state index contributed by atoms with van der Waals surface area (Å²) in [5.74, 6) is 0.971. The lowest BCUT2D eigenvalue weighted by Crippen LogP contribution is -2.41. The molecule has 47 heavy (non-hydrogen) atoms. The van der Waals surface area contributed by atoms with Crippen molar-refractivity contribution in [3.63, 3.8) is 0 Å². The second-order valence-corrected chi connectivity index (χ2v) is 13.3. The summed E-state index contributed by atoms with van der Waals surface area (Å²) in [5.41, 5.74) is 23.5. The number of hydrogen-bond donors (Lipinski definition) is 3. The predicted molar refractivity (Wildman–Crippen MR) is 179 cm³/mol. The predicted octanol–water partition coefficient (Wildman–Crippen LogP) is 4.04. The van der Waals surface area contributed by atoms with E-state index in [4.69, 9.17) is 26.9 Å². The van der Waals surface area contributed by atoms with Crippen molar-refractivity contribution in [3.05, 3.63) is 71.3 Å². The van der Waals surface area contributed by atoms with Gasteiger partial charge in [-0.05, 0) is 85.0 Å². The number of primary amides is 2. The highest BCUT2D eigenvalue weighted by Crippen LogP contribution is 2.41. The Bertz CT molecular complexity index is 2140. The Morgan fingerprint density at radius 3 is 2.40 bits per heavy atom. The lowest BCUT2D eigenvalue weighted by molar-refractivity contribution is 0.0700. The molecule has 11 nitrogen and oxygen atoms in total. The zero-order valence-corrected chi connectivity index (χ0v) is 26.4. The van der Waals surface area contributed by atoms with Crippen LogP contribution in [0.25, 0.3) is 44.6 Å². The molecule has 2 aromatic heterocycles. The molecule has 5 aromatic rings. The van der Waals surface area contributed by atoms with Gasteiger partial charge in [-0.2, -0.15) is 0 Å². The number of aromatic nitrogens is 3. The van der Waals surface area contributed by atoms with Crippen LogP contribution in [0, 0.1) is 11.8 Å². The maximum absolute atomic E-state index is 13.7. The van der Waals surface area contributed by atoms with Gasteiger partial charge in [0.25, 0.3) is 5.91 Å². The summed E-state index contributed by atoms with van der Waals surface area (Å²) in [6, 6.07) is 16.8. The third-order valence-corrected chi connectivity index (χ3v) is 10.5. The number of rotatable bonds is 8. The van der Waals surface area contributed by atoms with Crippen LogP contribution < -0.4 is 21.9 Å². The SMILES string of the molecule is COc1cc(C(=O)N2CC3CCC2C3N)cc2nc(-c3cc4ccc(-c5ccc(C(N)=O)cc5C(N)=O)cc4n3CC3CC3)n(C)c12. The number of nitrogens with two attached hydrogens (primary N) is 3. The molecular formula is C36H37N7O4. The molecule has 3 heterocycles. The van der Waals surface area contributed by atoms with Crippen molar-refractivity contribution in [2.45, 2.75) is 44.3 Å². The zero-order chi connectivity index (χ0) is 32.7. The van der Waals surface area contributed by atoms with E-state index in [0.29, 0.717) is 40.8 Å². The minimum atomic E-state index is -0.635. The highest BCUT2D eigenvalue weighted by Gasteiger charge is 2.47. The standard InChI is InChI=1S/C36H37N7O4/c1-41-32-26(12-23(15-30(32)47-2)36(46)43-17-22-8-10-27(43)31(22)37)40-35(41)29-14-20-6-5-19(13-28(20)42(29)16-18-3-4-18)24-9-7-21(33(38)44)11-25(24)34(39)45/h5-7,9,11-15,18,22,27,31H,3-4,8,10,16-17,37H2,1-2H3,(H2,38,44)(H2,39,45). The van der Waals surface area contributed by atoms with Crippen LogP contribution in [-0.4, -0.2) is 62.5 Å². The fourth-order valence-electron chi connectivity index (χ4n) is 7.78. The largest absolute Gasteiger partial charge is 0.494 e. The summed E-state index contributed by atoms with van der Waals surface area (Å²) >= 11 is 0. The van der Waals surface area contributed by atoms with E-state index in [1.54, 1.807) is 19.2 Å². The quantitative estimate of drug-likeness (QED) is 0.234. The van der Waals surface area contributed by atoms with Gasteiger partial charge in [-0.15, -0.1) is 0 Å². The normalized spacial score (nSPS) is 20.4. The molecule has 8 rings (SSSR count). The molecular weight excluding hydrogens is 594 g/mol. The number of fused-ring (bicyclic) bond motifs is 4. The van der Waals surface area contributed by atoms with Crippen molar-refractivity contribution in [3.8, 4) is 28.4 Å². The van der Waals surface area contributed by atoms with Crippen LogP contribution in [0.15, 0.2) is 54.6 Å². The van der Waals surface area contributed by atoms with Crippen LogP contribution >= 0.6 is 0 Å². The lowest BCUT2D eigenvalue weighted by atomic mass is 9.96. The molecule has 0 radical (unpaired) electrons. The van der Waals surface area contributed by atoms with E-state index in [0.717, 1.165) is 65.7 Å². The Labute approximate surface area is 271 Å². The maximum Gasteiger partial charge on any atom is 0.254 e. The minimum Gasteiger partial charge on any atom is -0.494 e. The van der Waals surface area contributed by atoms with Crippen LogP contribution in [0.2, 0.25) is 0 Å². The summed E-state index contributed by atoms with van der Waals surface area (Å²) in [4.78, 5) is 45.0. The Morgan fingerprint density at radius 2 is 1.74 bits per heavy atom. The highest BCUT2D eigenvalue weighted by atomic mass is 16.5. The number of aryl methyl sites for hydroxylation is 1. The Morgan fingerprint density at radius 1 is 0.936 bits per heavy atom. The van der Waals surface area contributed by atoms with Crippen LogP contribution in [0.1, 0.15) is 56.8 Å². The number of benzene rings is 3. The van der Waals surface area contributed by atoms with E-state index >= 15 is 0 Å². The molecule has 3 amide bonds. The van der Waals surface area contributed by atoms with E-state index < -0.39 is 11.8 Å². The average molecular weight is 632 g/mol. The molecule has 1 saturated heterocycles. The number of amides is 3. The van der Waals surface area contributed by atoms with Gasteiger partial charge in [0.2, 0.25) is 11.8 Å². The van der Waals surface area contributed by atoms with Crippen molar-refractivity contribution < 1.29 is 19.1 Å². The van der Waals surface area contributed by atoms with Gasteiger partial charge in [0.05, 0.1) is 18.3 Å². The number of likely N-dealkylation sites (tertiary alicyclic amines) is 1. The first-order valence-electron chi connectivity index (χ1n) is 16.1. The van der Waals surface area contributed by atoms with Crippen molar-refractivity contribution >= 4 is 39.7 Å². The van der Waals surface area contributed by atoms with Gasteiger partial charge < -0.3 is 36.0 Å². The first kappa shape index (κ1) is 29.3. The minimum absolute atomic E-state index is 0.0328. The molecule has 2 bridgehead atoms. The summed E-state index contributed by atoms with van der Waals surface area (Å²) in [6.07, 6.45) is 4.33. The van der Waals surface area contributed by atoms with E-state index in [1.165, 1.54) is 6.07 Å². The monoisotopic (exact) mass is 631 g/mol. The Balaban J connectivity index is 1.24. The van der Waals surface area contributed by atoms with Gasteiger partial charge >= 0.3 is 0 Å². The molecule has 3 atom stereocenters. The van der Waals surface area contributed by atoms with Gasteiger partial charge in [0.15, 0.2) is 5.82 Å².